The van der Waals surface area contributed by atoms with Gasteiger partial charge in [-0.05, 0) is 23.5 Å². The van der Waals surface area contributed by atoms with Gasteiger partial charge in [0, 0.05) is 32.1 Å². The summed E-state index contributed by atoms with van der Waals surface area (Å²) >= 11 is 0. The first kappa shape index (κ1) is 18.2. The van der Waals surface area contributed by atoms with Crippen molar-refractivity contribution in [2.24, 2.45) is 0 Å². The SMILES string of the molecule is CCCC(=O)NCCN(C(C)=O)c1ccccc1C(C)(C)C. The minimum atomic E-state index is -0.0459. The molecular formula is C18H28N2O2. The summed E-state index contributed by atoms with van der Waals surface area (Å²) in [5, 5.41) is 2.86. The summed E-state index contributed by atoms with van der Waals surface area (Å²) in [4.78, 5) is 25.3. The van der Waals surface area contributed by atoms with E-state index in [1.165, 1.54) is 0 Å². The molecule has 0 saturated carbocycles. The Kier molecular flexibility index (Phi) is 6.60. The third kappa shape index (κ3) is 5.17. The Hall–Kier alpha value is -1.84. The standard InChI is InChI=1S/C18H28N2O2/c1-6-9-17(22)19-12-13-20(14(2)21)16-11-8-7-10-15(16)18(3,4)5/h7-8,10-11H,6,9,12-13H2,1-5H3,(H,19,22). The number of nitrogens with one attached hydrogen (secondary N) is 1. The first-order valence-corrected chi connectivity index (χ1v) is 7.91. The summed E-state index contributed by atoms with van der Waals surface area (Å²) < 4.78 is 0. The molecule has 0 saturated heterocycles. The molecule has 0 aliphatic heterocycles. The van der Waals surface area contributed by atoms with Crippen molar-refractivity contribution in [3.8, 4) is 0 Å². The normalized spacial score (nSPS) is 11.1. The highest BCUT2D eigenvalue weighted by Gasteiger charge is 2.22. The van der Waals surface area contributed by atoms with Crippen LogP contribution in [-0.4, -0.2) is 24.9 Å². The van der Waals surface area contributed by atoms with E-state index in [2.05, 4.69) is 32.2 Å². The number of anilines is 1. The monoisotopic (exact) mass is 304 g/mol. The molecule has 0 bridgehead atoms. The van der Waals surface area contributed by atoms with Gasteiger partial charge in [0.1, 0.15) is 0 Å². The molecule has 0 atom stereocenters. The molecule has 0 spiro atoms. The lowest BCUT2D eigenvalue weighted by molar-refractivity contribution is -0.121. The van der Waals surface area contributed by atoms with Crippen molar-refractivity contribution in [1.29, 1.82) is 0 Å². The van der Waals surface area contributed by atoms with Gasteiger partial charge in [0.15, 0.2) is 0 Å². The van der Waals surface area contributed by atoms with Crippen LogP contribution in [0.4, 0.5) is 5.69 Å². The number of carbonyl (C=O) groups is 2. The van der Waals surface area contributed by atoms with Crippen molar-refractivity contribution < 1.29 is 9.59 Å². The molecule has 0 radical (unpaired) electrons. The third-order valence-electron chi connectivity index (χ3n) is 3.52. The van der Waals surface area contributed by atoms with E-state index in [0.29, 0.717) is 19.5 Å². The first-order valence-electron chi connectivity index (χ1n) is 7.91. The van der Waals surface area contributed by atoms with Crippen LogP contribution in [0, 0.1) is 0 Å². The highest BCUT2D eigenvalue weighted by atomic mass is 16.2. The quantitative estimate of drug-likeness (QED) is 0.877. The lowest BCUT2D eigenvalue weighted by Crippen LogP contribution is -2.38. The molecule has 1 N–H and O–H groups in total. The molecule has 0 aromatic heterocycles. The summed E-state index contributed by atoms with van der Waals surface area (Å²) in [5.74, 6) is 0.0246. The maximum atomic E-state index is 12.0. The van der Waals surface area contributed by atoms with Crippen molar-refractivity contribution in [2.75, 3.05) is 18.0 Å². The Bertz CT molecular complexity index is 518. The molecular weight excluding hydrogens is 276 g/mol. The first-order chi connectivity index (χ1) is 10.3. The zero-order valence-corrected chi connectivity index (χ0v) is 14.4. The van der Waals surface area contributed by atoms with Gasteiger partial charge in [-0.2, -0.15) is 0 Å². The van der Waals surface area contributed by atoms with E-state index in [9.17, 15) is 9.59 Å². The fourth-order valence-electron chi connectivity index (χ4n) is 2.41. The Morgan fingerprint density at radius 1 is 1.18 bits per heavy atom. The maximum absolute atomic E-state index is 12.0. The lowest BCUT2D eigenvalue weighted by atomic mass is 9.85. The topological polar surface area (TPSA) is 49.4 Å². The van der Waals surface area contributed by atoms with E-state index >= 15 is 0 Å². The van der Waals surface area contributed by atoms with Gasteiger partial charge in [-0.15, -0.1) is 0 Å². The molecule has 1 rings (SSSR count). The summed E-state index contributed by atoms with van der Waals surface area (Å²) in [6.07, 6.45) is 1.35. The van der Waals surface area contributed by atoms with Gasteiger partial charge in [0.2, 0.25) is 11.8 Å². The second-order valence-corrected chi connectivity index (χ2v) is 6.54. The second kappa shape index (κ2) is 7.97. The molecule has 0 unspecified atom stereocenters. The third-order valence-corrected chi connectivity index (χ3v) is 3.52. The molecule has 0 aliphatic carbocycles. The van der Waals surface area contributed by atoms with Crippen LogP contribution in [0.25, 0.3) is 0 Å². The summed E-state index contributed by atoms with van der Waals surface area (Å²) in [6, 6.07) is 7.96. The molecule has 1 aromatic rings. The number of hydrogen-bond donors (Lipinski definition) is 1. The van der Waals surface area contributed by atoms with Crippen molar-refractivity contribution in [3.63, 3.8) is 0 Å². The van der Waals surface area contributed by atoms with Crippen LogP contribution in [0.5, 0.6) is 0 Å². The largest absolute Gasteiger partial charge is 0.354 e. The van der Waals surface area contributed by atoms with Crippen LogP contribution in [0.2, 0.25) is 0 Å². The van der Waals surface area contributed by atoms with E-state index < -0.39 is 0 Å². The highest BCUT2D eigenvalue weighted by Crippen LogP contribution is 2.31. The molecule has 22 heavy (non-hydrogen) atoms. The molecule has 122 valence electrons. The van der Waals surface area contributed by atoms with Gasteiger partial charge in [0.25, 0.3) is 0 Å². The van der Waals surface area contributed by atoms with Gasteiger partial charge < -0.3 is 10.2 Å². The number of benzene rings is 1. The number of amides is 2. The van der Waals surface area contributed by atoms with E-state index in [0.717, 1.165) is 17.7 Å². The average Bonchev–Trinajstić information content (AvgIpc) is 2.42. The molecule has 0 fully saturated rings. The minimum Gasteiger partial charge on any atom is -0.354 e. The number of para-hydroxylation sites is 1. The van der Waals surface area contributed by atoms with E-state index in [1.807, 2.05) is 25.1 Å². The van der Waals surface area contributed by atoms with Gasteiger partial charge >= 0.3 is 0 Å². The molecule has 0 aliphatic rings. The number of nitrogens with zero attached hydrogens (tertiary/aromatic N) is 1. The maximum Gasteiger partial charge on any atom is 0.223 e. The molecule has 1 aromatic carbocycles. The molecule has 0 heterocycles. The van der Waals surface area contributed by atoms with Crippen molar-refractivity contribution >= 4 is 17.5 Å². The molecule has 4 heteroatoms. The fraction of sp³-hybridized carbons (Fsp3) is 0.556. The van der Waals surface area contributed by atoms with Crippen LogP contribution >= 0.6 is 0 Å². The van der Waals surface area contributed by atoms with E-state index in [4.69, 9.17) is 0 Å². The fourth-order valence-corrected chi connectivity index (χ4v) is 2.41. The number of carbonyl (C=O) groups excluding carboxylic acids is 2. The predicted octanol–water partition coefficient (Wildman–Crippen LogP) is 3.25. The Morgan fingerprint density at radius 3 is 2.36 bits per heavy atom. The zero-order chi connectivity index (χ0) is 16.8. The van der Waals surface area contributed by atoms with Gasteiger partial charge in [-0.3, -0.25) is 9.59 Å². The summed E-state index contributed by atoms with van der Waals surface area (Å²) in [7, 11) is 0. The van der Waals surface area contributed by atoms with E-state index in [-0.39, 0.29) is 17.2 Å². The van der Waals surface area contributed by atoms with E-state index in [1.54, 1.807) is 11.8 Å². The van der Waals surface area contributed by atoms with Crippen LogP contribution in [0.3, 0.4) is 0 Å². The second-order valence-electron chi connectivity index (χ2n) is 6.54. The van der Waals surface area contributed by atoms with Crippen molar-refractivity contribution in [3.05, 3.63) is 29.8 Å². The molecule has 4 nitrogen and oxygen atoms in total. The van der Waals surface area contributed by atoms with Gasteiger partial charge in [-0.25, -0.2) is 0 Å². The Labute approximate surface area is 133 Å². The molecule has 2 amide bonds. The smallest absolute Gasteiger partial charge is 0.223 e. The predicted molar refractivity (Wildman–Crippen MR) is 91.1 cm³/mol. The number of rotatable bonds is 6. The van der Waals surface area contributed by atoms with Gasteiger partial charge in [0.05, 0.1) is 0 Å². The summed E-state index contributed by atoms with van der Waals surface area (Å²) in [5.41, 5.74) is 2.01. The Balaban J connectivity index is 2.89. The highest BCUT2D eigenvalue weighted by molar-refractivity contribution is 5.92. The minimum absolute atomic E-state index is 0.0126. The lowest BCUT2D eigenvalue weighted by Gasteiger charge is -2.29. The van der Waals surface area contributed by atoms with Crippen LogP contribution in [-0.2, 0) is 15.0 Å². The van der Waals surface area contributed by atoms with Crippen LogP contribution in [0.1, 0.15) is 53.0 Å². The van der Waals surface area contributed by atoms with Crippen LogP contribution < -0.4 is 10.2 Å². The number of hydrogen-bond acceptors (Lipinski definition) is 2. The Morgan fingerprint density at radius 2 is 1.82 bits per heavy atom. The average molecular weight is 304 g/mol. The zero-order valence-electron chi connectivity index (χ0n) is 14.4. The van der Waals surface area contributed by atoms with Gasteiger partial charge in [-0.1, -0.05) is 45.9 Å². The van der Waals surface area contributed by atoms with Crippen molar-refractivity contribution in [1.82, 2.24) is 5.32 Å². The van der Waals surface area contributed by atoms with Crippen LogP contribution in [0.15, 0.2) is 24.3 Å². The van der Waals surface area contributed by atoms with Crippen molar-refractivity contribution in [2.45, 2.75) is 52.9 Å². The summed E-state index contributed by atoms with van der Waals surface area (Å²) in [6.45, 7) is 10.9.